The maximum Gasteiger partial charge on any atom is 0.266 e. The van der Waals surface area contributed by atoms with Gasteiger partial charge in [-0.1, -0.05) is 36.4 Å². The van der Waals surface area contributed by atoms with Gasteiger partial charge in [0.2, 0.25) is 20.7 Å². The number of nitrogens with zero attached hydrogens (tertiary/aromatic N) is 3. The molecule has 1 aliphatic rings. The van der Waals surface area contributed by atoms with Gasteiger partial charge in [0.25, 0.3) is 11.8 Å². The maximum absolute atomic E-state index is 13.4. The van der Waals surface area contributed by atoms with Crippen LogP contribution in [0.15, 0.2) is 97.8 Å². The number of furan rings is 1. The summed E-state index contributed by atoms with van der Waals surface area (Å²) in [7, 11) is -3.93. The first-order valence-corrected chi connectivity index (χ1v) is 12.0. The van der Waals surface area contributed by atoms with Crippen LogP contribution in [0.1, 0.15) is 10.4 Å². The largest absolute Gasteiger partial charge is 0.459 e. The van der Waals surface area contributed by atoms with E-state index in [1.54, 1.807) is 47.4 Å². The summed E-state index contributed by atoms with van der Waals surface area (Å²) < 4.78 is 38.1. The van der Waals surface area contributed by atoms with Crippen LogP contribution in [0, 0.1) is 0 Å². The number of sulfone groups is 1. The van der Waals surface area contributed by atoms with Gasteiger partial charge in [0, 0.05) is 31.7 Å². The Kier molecular flexibility index (Phi) is 5.47. The molecule has 4 aromatic rings. The first-order valence-electron chi connectivity index (χ1n) is 10.5. The van der Waals surface area contributed by atoms with Crippen molar-refractivity contribution >= 4 is 21.6 Å². The average molecular weight is 464 g/mol. The topological polar surface area (TPSA) is 96.9 Å². The molecule has 2 aromatic carbocycles. The van der Waals surface area contributed by atoms with Crippen molar-refractivity contribution in [1.82, 2.24) is 9.88 Å². The molecule has 1 fully saturated rings. The average Bonchev–Trinajstić information content (AvgIpc) is 3.55. The Morgan fingerprint density at radius 2 is 1.52 bits per heavy atom. The SMILES string of the molecule is O=C(c1ccccc1)N1CCN(c2oc(-c3ccco3)nc2S(=O)(=O)c2ccccc2)CC1. The minimum Gasteiger partial charge on any atom is -0.459 e. The minimum absolute atomic E-state index is 0.0544. The third kappa shape index (κ3) is 4.03. The van der Waals surface area contributed by atoms with Crippen molar-refractivity contribution in [3.8, 4) is 11.7 Å². The smallest absolute Gasteiger partial charge is 0.266 e. The fraction of sp³-hybridized carbons (Fsp3) is 0.167. The van der Waals surface area contributed by atoms with Crippen molar-refractivity contribution in [2.75, 3.05) is 31.1 Å². The van der Waals surface area contributed by atoms with Gasteiger partial charge in [-0.05, 0) is 36.4 Å². The molecule has 5 rings (SSSR count). The normalized spacial score (nSPS) is 14.4. The van der Waals surface area contributed by atoms with E-state index in [1.807, 2.05) is 23.1 Å². The zero-order chi connectivity index (χ0) is 22.8. The third-order valence-corrected chi connectivity index (χ3v) is 7.16. The number of amides is 1. The van der Waals surface area contributed by atoms with Crippen molar-refractivity contribution < 1.29 is 22.0 Å². The van der Waals surface area contributed by atoms with Crippen molar-refractivity contribution in [2.24, 2.45) is 0 Å². The van der Waals surface area contributed by atoms with E-state index in [9.17, 15) is 13.2 Å². The number of carbonyl (C=O) groups excluding carboxylic acids is 1. The van der Waals surface area contributed by atoms with Crippen LogP contribution in [-0.4, -0.2) is 50.4 Å². The lowest BCUT2D eigenvalue weighted by Gasteiger charge is -2.34. The number of oxazole rings is 1. The Morgan fingerprint density at radius 1 is 0.848 bits per heavy atom. The molecule has 0 N–H and O–H groups in total. The first-order chi connectivity index (χ1) is 16.0. The Labute approximate surface area is 191 Å². The van der Waals surface area contributed by atoms with E-state index in [4.69, 9.17) is 8.83 Å². The van der Waals surface area contributed by atoms with Crippen LogP contribution in [0.2, 0.25) is 0 Å². The van der Waals surface area contributed by atoms with E-state index in [1.165, 1.54) is 18.4 Å². The molecule has 2 aromatic heterocycles. The van der Waals surface area contributed by atoms with E-state index in [2.05, 4.69) is 4.98 Å². The van der Waals surface area contributed by atoms with Gasteiger partial charge in [-0.15, -0.1) is 0 Å². The number of aromatic nitrogens is 1. The van der Waals surface area contributed by atoms with Crippen LogP contribution in [0.4, 0.5) is 5.88 Å². The molecule has 0 unspecified atom stereocenters. The molecule has 8 nitrogen and oxygen atoms in total. The van der Waals surface area contributed by atoms with Gasteiger partial charge in [-0.25, -0.2) is 8.42 Å². The van der Waals surface area contributed by atoms with E-state index in [0.29, 0.717) is 37.5 Å². The molecule has 3 heterocycles. The van der Waals surface area contributed by atoms with Crippen LogP contribution in [-0.2, 0) is 9.84 Å². The number of hydrogen-bond acceptors (Lipinski definition) is 7. The molecule has 0 radical (unpaired) electrons. The molecule has 0 atom stereocenters. The van der Waals surface area contributed by atoms with Crippen molar-refractivity contribution in [2.45, 2.75) is 9.92 Å². The van der Waals surface area contributed by atoms with Crippen LogP contribution in [0.25, 0.3) is 11.7 Å². The molecule has 0 bridgehead atoms. The maximum atomic E-state index is 13.4. The van der Waals surface area contributed by atoms with Gasteiger partial charge < -0.3 is 18.6 Å². The summed E-state index contributed by atoms with van der Waals surface area (Å²) in [6, 6.07) is 20.5. The lowest BCUT2D eigenvalue weighted by molar-refractivity contribution is 0.0745. The summed E-state index contributed by atoms with van der Waals surface area (Å²) in [5.41, 5.74) is 0.623. The number of piperazine rings is 1. The van der Waals surface area contributed by atoms with Crippen LogP contribution >= 0.6 is 0 Å². The molecule has 0 aliphatic carbocycles. The highest BCUT2D eigenvalue weighted by Crippen LogP contribution is 2.35. The van der Waals surface area contributed by atoms with Crippen LogP contribution in [0.3, 0.4) is 0 Å². The highest BCUT2D eigenvalue weighted by Gasteiger charge is 2.34. The fourth-order valence-electron chi connectivity index (χ4n) is 3.77. The summed E-state index contributed by atoms with van der Waals surface area (Å²) in [5.74, 6) is 0.522. The summed E-state index contributed by atoms with van der Waals surface area (Å²) >= 11 is 0. The van der Waals surface area contributed by atoms with E-state index < -0.39 is 9.84 Å². The van der Waals surface area contributed by atoms with Crippen LogP contribution in [0.5, 0.6) is 0 Å². The zero-order valence-electron chi connectivity index (χ0n) is 17.6. The van der Waals surface area contributed by atoms with Gasteiger partial charge >= 0.3 is 0 Å². The fourth-order valence-corrected chi connectivity index (χ4v) is 5.11. The summed E-state index contributed by atoms with van der Waals surface area (Å²) in [6.45, 7) is 1.66. The number of rotatable bonds is 5. The minimum atomic E-state index is -3.93. The van der Waals surface area contributed by atoms with Gasteiger partial charge in [-0.2, -0.15) is 4.98 Å². The van der Waals surface area contributed by atoms with Crippen molar-refractivity contribution in [1.29, 1.82) is 0 Å². The predicted octanol–water partition coefficient (Wildman–Crippen LogP) is 3.73. The van der Waals surface area contributed by atoms with Crippen molar-refractivity contribution in [3.05, 3.63) is 84.6 Å². The zero-order valence-corrected chi connectivity index (χ0v) is 18.4. The summed E-state index contributed by atoms with van der Waals surface area (Å²) in [5, 5.41) is -0.164. The Bertz CT molecular complexity index is 1340. The summed E-state index contributed by atoms with van der Waals surface area (Å²) in [6.07, 6.45) is 1.47. The standard InChI is InChI=1S/C24H21N3O5S/c28-23(18-8-3-1-4-9-18)26-13-15-27(16-14-26)24-22(25-21(32-24)20-12-7-17-31-20)33(29,30)19-10-5-2-6-11-19/h1-12,17H,13-16H2. The molecule has 0 spiro atoms. The molecule has 1 saturated heterocycles. The Morgan fingerprint density at radius 3 is 2.15 bits per heavy atom. The van der Waals surface area contributed by atoms with E-state index in [-0.39, 0.29) is 27.6 Å². The number of hydrogen-bond donors (Lipinski definition) is 0. The van der Waals surface area contributed by atoms with Gasteiger partial charge in [0.05, 0.1) is 11.2 Å². The lowest BCUT2D eigenvalue weighted by Crippen LogP contribution is -2.49. The number of anilines is 1. The molecule has 1 aliphatic heterocycles. The van der Waals surface area contributed by atoms with Crippen LogP contribution < -0.4 is 4.90 Å². The second-order valence-corrected chi connectivity index (χ2v) is 9.43. The van der Waals surface area contributed by atoms with Gasteiger partial charge in [0.1, 0.15) is 0 Å². The molecule has 1 amide bonds. The van der Waals surface area contributed by atoms with Gasteiger partial charge in [-0.3, -0.25) is 4.79 Å². The number of carbonyl (C=O) groups is 1. The van der Waals surface area contributed by atoms with E-state index in [0.717, 1.165) is 0 Å². The Hall–Kier alpha value is -3.85. The molecular formula is C24H21N3O5S. The highest BCUT2D eigenvalue weighted by molar-refractivity contribution is 7.91. The quantitative estimate of drug-likeness (QED) is 0.445. The second-order valence-electron chi connectivity index (χ2n) is 7.57. The van der Waals surface area contributed by atoms with E-state index >= 15 is 0 Å². The number of benzene rings is 2. The second kappa shape index (κ2) is 8.59. The molecule has 168 valence electrons. The Balaban J connectivity index is 1.45. The highest BCUT2D eigenvalue weighted by atomic mass is 32.2. The summed E-state index contributed by atoms with van der Waals surface area (Å²) in [4.78, 5) is 20.8. The van der Waals surface area contributed by atoms with Crippen molar-refractivity contribution in [3.63, 3.8) is 0 Å². The lowest BCUT2D eigenvalue weighted by atomic mass is 10.2. The molecule has 0 saturated carbocycles. The predicted molar refractivity (Wildman–Crippen MR) is 121 cm³/mol. The first kappa shape index (κ1) is 21.0. The third-order valence-electron chi connectivity index (χ3n) is 5.49. The monoisotopic (exact) mass is 463 g/mol. The molecule has 33 heavy (non-hydrogen) atoms. The molecular weight excluding hydrogens is 442 g/mol. The molecule has 9 heteroatoms. The van der Waals surface area contributed by atoms with Gasteiger partial charge in [0.15, 0.2) is 5.76 Å².